The summed E-state index contributed by atoms with van der Waals surface area (Å²) >= 11 is 3.67. The molecule has 11 heteroatoms. The summed E-state index contributed by atoms with van der Waals surface area (Å²) in [6.07, 6.45) is 2.86. The summed E-state index contributed by atoms with van der Waals surface area (Å²) in [5, 5.41) is 6.70. The Bertz CT molecular complexity index is 361. The maximum absolute atomic E-state index is 12.1. The first-order chi connectivity index (χ1) is 8.89. The molecule has 1 N–H and O–H groups in total. The molecule has 112 valence electrons. The van der Waals surface area contributed by atoms with E-state index in [1.54, 1.807) is 20.2 Å². The van der Waals surface area contributed by atoms with Gasteiger partial charge in [-0.2, -0.15) is 4.08 Å². The second kappa shape index (κ2) is 9.95. The van der Waals surface area contributed by atoms with Gasteiger partial charge in [0.1, 0.15) is 5.04 Å². The van der Waals surface area contributed by atoms with Crippen LogP contribution in [0.5, 0.6) is 0 Å². The minimum atomic E-state index is -2.88. The SMILES string of the molecule is COP(=O)(SC)N(C)SCNC(=O)O/N=C(\C)SC. The summed E-state index contributed by atoms with van der Waals surface area (Å²) in [7, 11) is 3.02. The fraction of sp³-hybridized carbons (Fsp3) is 0.750. The Hall–Kier alpha value is 0.140. The first-order valence-electron chi connectivity index (χ1n) is 5.01. The van der Waals surface area contributed by atoms with Gasteiger partial charge in [0.05, 0.1) is 5.88 Å². The normalized spacial score (nSPS) is 15.2. The van der Waals surface area contributed by atoms with Crippen LogP contribution in [0, 0.1) is 0 Å². The number of carbonyl (C=O) groups is 1. The van der Waals surface area contributed by atoms with Crippen molar-refractivity contribution < 1.29 is 18.7 Å². The molecule has 0 aliphatic carbocycles. The lowest BCUT2D eigenvalue weighted by atomic mass is 10.9. The van der Waals surface area contributed by atoms with Gasteiger partial charge < -0.3 is 9.84 Å². The smallest absolute Gasteiger partial charge is 0.313 e. The minimum Gasteiger partial charge on any atom is -0.313 e. The molecule has 0 aliphatic heterocycles. The fourth-order valence-electron chi connectivity index (χ4n) is 0.735. The molecule has 0 radical (unpaired) electrons. The molecule has 0 spiro atoms. The molecular formula is C8H18N3O4PS3. The van der Waals surface area contributed by atoms with E-state index in [9.17, 15) is 9.36 Å². The van der Waals surface area contributed by atoms with Crippen molar-refractivity contribution >= 4 is 52.9 Å². The van der Waals surface area contributed by atoms with Gasteiger partial charge in [-0.05, 0) is 31.4 Å². The molecule has 1 unspecified atom stereocenters. The first kappa shape index (κ1) is 19.1. The minimum absolute atomic E-state index is 0.205. The third-order valence-electron chi connectivity index (χ3n) is 1.83. The van der Waals surface area contributed by atoms with Crippen LogP contribution < -0.4 is 5.32 Å². The van der Waals surface area contributed by atoms with Crippen LogP contribution in [-0.4, -0.2) is 47.8 Å². The molecule has 7 nitrogen and oxygen atoms in total. The molecule has 0 rings (SSSR count). The molecule has 0 aromatic rings. The molecule has 0 saturated carbocycles. The number of hydrogen-bond donors (Lipinski definition) is 1. The molecular weight excluding hydrogens is 329 g/mol. The summed E-state index contributed by atoms with van der Waals surface area (Å²) < 4.78 is 18.5. The van der Waals surface area contributed by atoms with Crippen molar-refractivity contribution in [3.8, 4) is 0 Å². The highest BCUT2D eigenvalue weighted by Crippen LogP contribution is 2.62. The van der Waals surface area contributed by atoms with Gasteiger partial charge in [0.2, 0.25) is 0 Å². The van der Waals surface area contributed by atoms with E-state index in [0.29, 0.717) is 5.04 Å². The van der Waals surface area contributed by atoms with Crippen LogP contribution in [0.1, 0.15) is 6.92 Å². The summed E-state index contributed by atoms with van der Waals surface area (Å²) in [4.78, 5) is 15.8. The molecule has 19 heavy (non-hydrogen) atoms. The molecule has 0 aromatic heterocycles. The van der Waals surface area contributed by atoms with Crippen molar-refractivity contribution in [2.24, 2.45) is 5.16 Å². The van der Waals surface area contributed by atoms with E-state index in [-0.39, 0.29) is 5.88 Å². The first-order valence-corrected chi connectivity index (χ1v) is 10.6. The van der Waals surface area contributed by atoms with Gasteiger partial charge in [-0.3, -0.25) is 9.40 Å². The number of thioether (sulfide) groups is 1. The van der Waals surface area contributed by atoms with Crippen molar-refractivity contribution in [2.75, 3.05) is 32.5 Å². The average Bonchev–Trinajstić information content (AvgIpc) is 2.43. The largest absolute Gasteiger partial charge is 0.434 e. The average molecular weight is 347 g/mol. The van der Waals surface area contributed by atoms with E-state index in [1.807, 2.05) is 6.26 Å². The van der Waals surface area contributed by atoms with Crippen molar-refractivity contribution in [2.45, 2.75) is 6.92 Å². The highest BCUT2D eigenvalue weighted by Gasteiger charge is 2.27. The Morgan fingerprint density at radius 2 is 2.11 bits per heavy atom. The zero-order valence-corrected chi connectivity index (χ0v) is 14.8. The number of amides is 1. The highest BCUT2D eigenvalue weighted by molar-refractivity contribution is 8.56. The molecule has 0 bridgehead atoms. The third-order valence-corrected chi connectivity index (χ3v) is 8.62. The summed E-state index contributed by atoms with van der Waals surface area (Å²) in [5.74, 6) is 0.205. The van der Waals surface area contributed by atoms with E-state index in [0.717, 1.165) is 23.3 Å². The van der Waals surface area contributed by atoms with Crippen molar-refractivity contribution in [3.63, 3.8) is 0 Å². The molecule has 0 fully saturated rings. The second-order valence-corrected chi connectivity index (χ2v) is 10.1. The Morgan fingerprint density at radius 1 is 1.47 bits per heavy atom. The third kappa shape index (κ3) is 7.48. The Kier molecular flexibility index (Phi) is 10.0. The summed E-state index contributed by atoms with van der Waals surface area (Å²) in [5.41, 5.74) is 0. The number of nitrogens with zero attached hydrogens (tertiary/aromatic N) is 2. The lowest BCUT2D eigenvalue weighted by molar-refractivity contribution is 0.153. The van der Waals surface area contributed by atoms with Gasteiger partial charge >= 0.3 is 12.8 Å². The Morgan fingerprint density at radius 3 is 2.58 bits per heavy atom. The van der Waals surface area contributed by atoms with Crippen LogP contribution in [0.2, 0.25) is 0 Å². The van der Waals surface area contributed by atoms with Crippen LogP contribution in [0.15, 0.2) is 5.16 Å². The fourth-order valence-corrected chi connectivity index (χ4v) is 4.93. The summed E-state index contributed by atoms with van der Waals surface area (Å²) in [6, 6.07) is 0. The molecule has 0 heterocycles. The van der Waals surface area contributed by atoms with Gasteiger partial charge in [0.15, 0.2) is 0 Å². The van der Waals surface area contributed by atoms with E-state index in [4.69, 9.17) is 4.52 Å². The lowest BCUT2D eigenvalue weighted by Gasteiger charge is -2.22. The zero-order valence-electron chi connectivity index (χ0n) is 11.4. The molecule has 0 saturated heterocycles. The van der Waals surface area contributed by atoms with E-state index in [2.05, 4.69) is 15.3 Å². The number of oxime groups is 1. The summed E-state index contributed by atoms with van der Waals surface area (Å²) in [6.45, 7) is -1.15. The number of carbonyl (C=O) groups excluding carboxylic acids is 1. The predicted molar refractivity (Wildman–Crippen MR) is 84.6 cm³/mol. The van der Waals surface area contributed by atoms with Gasteiger partial charge in [0, 0.05) is 14.2 Å². The molecule has 1 atom stereocenters. The Balaban J connectivity index is 4.03. The van der Waals surface area contributed by atoms with Gasteiger partial charge in [-0.25, -0.2) is 4.79 Å². The maximum atomic E-state index is 12.1. The number of rotatable bonds is 7. The van der Waals surface area contributed by atoms with Crippen LogP contribution in [0.4, 0.5) is 4.79 Å². The number of nitrogens with one attached hydrogen (secondary N) is 1. The lowest BCUT2D eigenvalue weighted by Crippen LogP contribution is -2.24. The maximum Gasteiger partial charge on any atom is 0.434 e. The molecule has 0 aliphatic rings. The van der Waals surface area contributed by atoms with Gasteiger partial charge in [-0.15, -0.1) is 11.8 Å². The molecule has 1 amide bonds. The zero-order chi connectivity index (χ0) is 14.9. The highest BCUT2D eigenvalue weighted by atomic mass is 32.7. The van der Waals surface area contributed by atoms with Crippen molar-refractivity contribution in [3.05, 3.63) is 0 Å². The van der Waals surface area contributed by atoms with Crippen molar-refractivity contribution in [1.82, 2.24) is 9.39 Å². The second-order valence-electron chi connectivity index (χ2n) is 2.94. The quantitative estimate of drug-likeness (QED) is 0.143. The van der Waals surface area contributed by atoms with Crippen molar-refractivity contribution in [1.29, 1.82) is 0 Å². The molecule has 0 aromatic carbocycles. The van der Waals surface area contributed by atoms with E-state index in [1.165, 1.54) is 22.9 Å². The number of hydrogen-bond acceptors (Lipinski definition) is 8. The standard InChI is InChI=1S/C8H18N3O4PS3/c1-7(17-4)10-15-8(12)9-6-19-11(2)16(13,14-3)18-5/h6H2,1-5H3,(H,9,12)/b10-7+. The topological polar surface area (TPSA) is 80.2 Å². The van der Waals surface area contributed by atoms with Gasteiger partial charge in [0.25, 0.3) is 0 Å². The van der Waals surface area contributed by atoms with E-state index >= 15 is 0 Å². The van der Waals surface area contributed by atoms with Crippen LogP contribution >= 0.6 is 41.8 Å². The monoisotopic (exact) mass is 347 g/mol. The van der Waals surface area contributed by atoms with Crippen LogP contribution in [0.25, 0.3) is 0 Å². The van der Waals surface area contributed by atoms with Crippen LogP contribution in [-0.2, 0) is 13.9 Å². The van der Waals surface area contributed by atoms with E-state index < -0.39 is 12.8 Å². The predicted octanol–water partition coefficient (Wildman–Crippen LogP) is 3.06. The van der Waals surface area contributed by atoms with Crippen LogP contribution in [0.3, 0.4) is 0 Å². The Labute approximate surface area is 126 Å². The van der Waals surface area contributed by atoms with Gasteiger partial charge in [-0.1, -0.05) is 16.5 Å².